The van der Waals surface area contributed by atoms with E-state index in [0.717, 1.165) is 11.1 Å². The van der Waals surface area contributed by atoms with E-state index in [2.05, 4.69) is 0 Å². The van der Waals surface area contributed by atoms with Gasteiger partial charge in [0.25, 0.3) is 0 Å². The van der Waals surface area contributed by atoms with E-state index in [9.17, 15) is 10.1 Å². The highest BCUT2D eigenvalue weighted by molar-refractivity contribution is 5.41. The molecule has 1 aromatic carbocycles. The topological polar surface area (TPSA) is 65.5 Å². The van der Waals surface area contributed by atoms with Gasteiger partial charge in [-0.25, -0.2) is 0 Å². The van der Waals surface area contributed by atoms with Crippen LogP contribution in [-0.2, 0) is 0 Å². The second-order valence-corrected chi connectivity index (χ2v) is 3.68. The maximum Gasteiger partial charge on any atom is 0.436 e. The smallest absolute Gasteiger partial charge is 0.436 e. The standard InChI is InChI=1S/C12H11NO4/c1-8-4-3-5-11(9(8)2)17-10-6-12(13(14)15)16-7-10/h3-7H,1-2H3. The van der Waals surface area contributed by atoms with Gasteiger partial charge in [0, 0.05) is 0 Å². The van der Waals surface area contributed by atoms with Crippen molar-refractivity contribution in [1.29, 1.82) is 0 Å². The van der Waals surface area contributed by atoms with E-state index in [1.165, 1.54) is 12.3 Å². The fraction of sp³-hybridized carbons (Fsp3) is 0.167. The lowest BCUT2D eigenvalue weighted by molar-refractivity contribution is -0.402. The molecule has 2 aromatic rings. The average Bonchev–Trinajstić information content (AvgIpc) is 2.73. The Balaban J connectivity index is 2.25. The van der Waals surface area contributed by atoms with Crippen LogP contribution in [0.25, 0.3) is 0 Å². The molecule has 0 fully saturated rings. The highest BCUT2D eigenvalue weighted by Gasteiger charge is 2.14. The van der Waals surface area contributed by atoms with Gasteiger partial charge in [0.15, 0.2) is 5.75 Å². The molecule has 0 aliphatic heterocycles. The van der Waals surface area contributed by atoms with Crippen LogP contribution in [0.15, 0.2) is 34.9 Å². The molecule has 1 heterocycles. The molecule has 0 atom stereocenters. The molecule has 0 radical (unpaired) electrons. The van der Waals surface area contributed by atoms with Gasteiger partial charge in [-0.05, 0) is 31.0 Å². The Morgan fingerprint density at radius 2 is 2.12 bits per heavy atom. The van der Waals surface area contributed by atoms with Crippen molar-refractivity contribution in [1.82, 2.24) is 0 Å². The lowest BCUT2D eigenvalue weighted by atomic mass is 10.1. The predicted octanol–water partition coefficient (Wildman–Crippen LogP) is 3.60. The van der Waals surface area contributed by atoms with Gasteiger partial charge in [0.1, 0.15) is 23.0 Å². The number of aryl methyl sites for hydroxylation is 1. The maximum absolute atomic E-state index is 10.4. The van der Waals surface area contributed by atoms with E-state index in [-0.39, 0.29) is 5.88 Å². The van der Waals surface area contributed by atoms with E-state index < -0.39 is 4.92 Å². The summed E-state index contributed by atoms with van der Waals surface area (Å²) < 4.78 is 10.3. The zero-order chi connectivity index (χ0) is 12.4. The zero-order valence-electron chi connectivity index (χ0n) is 9.47. The van der Waals surface area contributed by atoms with Crippen LogP contribution in [0.2, 0.25) is 0 Å². The molecule has 0 bridgehead atoms. The maximum atomic E-state index is 10.4. The quantitative estimate of drug-likeness (QED) is 0.600. The van der Waals surface area contributed by atoms with E-state index in [1.54, 1.807) is 6.07 Å². The van der Waals surface area contributed by atoms with Crippen molar-refractivity contribution >= 4 is 5.88 Å². The molecule has 0 aliphatic rings. The van der Waals surface area contributed by atoms with Crippen LogP contribution >= 0.6 is 0 Å². The van der Waals surface area contributed by atoms with Crippen molar-refractivity contribution in [2.75, 3.05) is 0 Å². The van der Waals surface area contributed by atoms with E-state index in [1.807, 2.05) is 26.0 Å². The van der Waals surface area contributed by atoms with E-state index in [4.69, 9.17) is 9.15 Å². The van der Waals surface area contributed by atoms with Crippen LogP contribution in [0.3, 0.4) is 0 Å². The Morgan fingerprint density at radius 1 is 1.35 bits per heavy atom. The molecule has 0 spiro atoms. The van der Waals surface area contributed by atoms with Crippen molar-refractivity contribution in [2.24, 2.45) is 0 Å². The minimum Gasteiger partial charge on any atom is -0.453 e. The van der Waals surface area contributed by atoms with E-state index in [0.29, 0.717) is 11.5 Å². The van der Waals surface area contributed by atoms with Gasteiger partial charge in [0.2, 0.25) is 0 Å². The molecule has 5 nitrogen and oxygen atoms in total. The summed E-state index contributed by atoms with van der Waals surface area (Å²) in [6, 6.07) is 6.90. The summed E-state index contributed by atoms with van der Waals surface area (Å²) in [4.78, 5) is 9.84. The van der Waals surface area contributed by atoms with Crippen molar-refractivity contribution in [3.05, 3.63) is 51.8 Å². The fourth-order valence-corrected chi connectivity index (χ4v) is 1.42. The lowest BCUT2D eigenvalue weighted by Crippen LogP contribution is -1.88. The molecule has 0 aliphatic carbocycles. The first-order chi connectivity index (χ1) is 8.08. The summed E-state index contributed by atoms with van der Waals surface area (Å²) in [5.74, 6) is 0.663. The summed E-state index contributed by atoms with van der Waals surface area (Å²) in [7, 11) is 0. The zero-order valence-corrected chi connectivity index (χ0v) is 9.47. The number of benzene rings is 1. The number of nitro groups is 1. The molecule has 0 saturated carbocycles. The summed E-state index contributed by atoms with van der Waals surface area (Å²) in [5, 5.41) is 10.4. The monoisotopic (exact) mass is 233 g/mol. The first kappa shape index (κ1) is 11.2. The van der Waals surface area contributed by atoms with Crippen molar-refractivity contribution in [3.63, 3.8) is 0 Å². The van der Waals surface area contributed by atoms with Crippen molar-refractivity contribution in [2.45, 2.75) is 13.8 Å². The van der Waals surface area contributed by atoms with Crippen LogP contribution in [0.5, 0.6) is 11.5 Å². The molecule has 88 valence electrons. The van der Waals surface area contributed by atoms with Crippen molar-refractivity contribution in [3.8, 4) is 11.5 Å². The Morgan fingerprint density at radius 3 is 2.76 bits per heavy atom. The first-order valence-corrected chi connectivity index (χ1v) is 5.05. The highest BCUT2D eigenvalue weighted by Crippen LogP contribution is 2.30. The van der Waals surface area contributed by atoms with Gasteiger partial charge in [0.05, 0.1) is 0 Å². The highest BCUT2D eigenvalue weighted by atomic mass is 16.6. The van der Waals surface area contributed by atoms with Gasteiger partial charge in [-0.1, -0.05) is 12.1 Å². The van der Waals surface area contributed by atoms with Gasteiger partial charge in [-0.3, -0.25) is 10.1 Å². The summed E-state index contributed by atoms with van der Waals surface area (Å²) in [5.41, 5.74) is 2.09. The third kappa shape index (κ3) is 2.28. The molecule has 1 aromatic heterocycles. The third-order valence-corrected chi connectivity index (χ3v) is 2.52. The van der Waals surface area contributed by atoms with Gasteiger partial charge >= 0.3 is 5.88 Å². The Hall–Kier alpha value is -2.30. The Labute approximate surface area is 97.8 Å². The van der Waals surface area contributed by atoms with Crippen LogP contribution in [0.4, 0.5) is 5.88 Å². The molecule has 0 N–H and O–H groups in total. The number of nitrogens with zero attached hydrogens (tertiary/aromatic N) is 1. The fourth-order valence-electron chi connectivity index (χ4n) is 1.42. The molecule has 0 saturated heterocycles. The second kappa shape index (κ2) is 4.29. The summed E-state index contributed by atoms with van der Waals surface area (Å²) in [6.45, 7) is 3.90. The lowest BCUT2D eigenvalue weighted by Gasteiger charge is -2.07. The normalized spacial score (nSPS) is 10.2. The molecule has 0 amide bonds. The number of furan rings is 1. The Bertz CT molecular complexity index is 559. The van der Waals surface area contributed by atoms with Crippen molar-refractivity contribution < 1.29 is 14.1 Å². The Kier molecular flexibility index (Phi) is 2.82. The number of ether oxygens (including phenoxy) is 1. The number of hydrogen-bond donors (Lipinski definition) is 0. The second-order valence-electron chi connectivity index (χ2n) is 3.68. The van der Waals surface area contributed by atoms with Gasteiger partial charge in [-0.15, -0.1) is 0 Å². The minimum absolute atomic E-state index is 0.324. The molecular weight excluding hydrogens is 222 g/mol. The van der Waals surface area contributed by atoms with Gasteiger partial charge in [-0.2, -0.15) is 0 Å². The van der Waals surface area contributed by atoms with Crippen LogP contribution in [0.1, 0.15) is 11.1 Å². The van der Waals surface area contributed by atoms with Crippen LogP contribution in [-0.4, -0.2) is 4.92 Å². The number of hydrogen-bond acceptors (Lipinski definition) is 4. The SMILES string of the molecule is Cc1cccc(Oc2coc([N+](=O)[O-])c2)c1C. The third-order valence-electron chi connectivity index (χ3n) is 2.52. The molecular formula is C12H11NO4. The predicted molar refractivity (Wildman–Crippen MR) is 61.4 cm³/mol. The molecule has 0 unspecified atom stereocenters. The number of rotatable bonds is 3. The summed E-state index contributed by atoms with van der Waals surface area (Å²) in [6.07, 6.45) is 1.22. The van der Waals surface area contributed by atoms with Crippen LogP contribution < -0.4 is 4.74 Å². The van der Waals surface area contributed by atoms with E-state index >= 15 is 0 Å². The molecule has 17 heavy (non-hydrogen) atoms. The largest absolute Gasteiger partial charge is 0.453 e. The first-order valence-electron chi connectivity index (χ1n) is 5.05. The molecule has 5 heteroatoms. The van der Waals surface area contributed by atoms with Gasteiger partial charge < -0.3 is 9.15 Å². The molecule has 2 rings (SSSR count). The average molecular weight is 233 g/mol. The minimum atomic E-state index is -0.601. The van der Waals surface area contributed by atoms with Crippen LogP contribution in [0, 0.1) is 24.0 Å². The summed E-state index contributed by atoms with van der Waals surface area (Å²) >= 11 is 0.